The molecule has 0 aromatic heterocycles. The number of hydrogen-bond acceptors (Lipinski definition) is 3. The molecular formula is C17H20BrN3O. The number of piperidine rings is 1. The summed E-state index contributed by atoms with van der Waals surface area (Å²) >= 11 is 3.39. The van der Waals surface area contributed by atoms with Gasteiger partial charge in [-0.05, 0) is 36.5 Å². The summed E-state index contributed by atoms with van der Waals surface area (Å²) in [4.78, 5) is 14.1. The normalized spacial score (nSPS) is 16.2. The monoisotopic (exact) mass is 361 g/mol. The third-order valence-electron chi connectivity index (χ3n) is 3.89. The molecule has 0 saturated carbocycles. The van der Waals surface area contributed by atoms with E-state index >= 15 is 0 Å². The summed E-state index contributed by atoms with van der Waals surface area (Å²) in [7, 11) is 0. The van der Waals surface area contributed by atoms with Crippen LogP contribution in [0, 0.1) is 17.2 Å². The van der Waals surface area contributed by atoms with Crippen molar-refractivity contribution in [1.29, 1.82) is 5.26 Å². The average molecular weight is 362 g/mol. The van der Waals surface area contributed by atoms with Gasteiger partial charge in [0.25, 0.3) is 5.91 Å². The van der Waals surface area contributed by atoms with Crippen LogP contribution in [-0.2, 0) is 11.3 Å². The van der Waals surface area contributed by atoms with Crippen molar-refractivity contribution in [3.8, 4) is 6.07 Å². The summed E-state index contributed by atoms with van der Waals surface area (Å²) in [6.45, 7) is 4.27. The Morgan fingerprint density at radius 2 is 2.05 bits per heavy atom. The fourth-order valence-electron chi connectivity index (χ4n) is 2.40. The molecule has 4 nitrogen and oxygen atoms in total. The molecule has 1 N–H and O–H groups in total. The molecule has 0 unspecified atom stereocenters. The predicted molar refractivity (Wildman–Crippen MR) is 89.7 cm³/mol. The van der Waals surface area contributed by atoms with E-state index in [4.69, 9.17) is 0 Å². The third-order valence-corrected chi connectivity index (χ3v) is 4.42. The van der Waals surface area contributed by atoms with Gasteiger partial charge in [-0.15, -0.1) is 0 Å². The Hall–Kier alpha value is -1.80. The Morgan fingerprint density at radius 3 is 2.64 bits per heavy atom. The summed E-state index contributed by atoms with van der Waals surface area (Å²) in [5.41, 5.74) is 1.27. The van der Waals surface area contributed by atoms with Crippen LogP contribution in [0.3, 0.4) is 0 Å². The molecule has 5 heteroatoms. The van der Waals surface area contributed by atoms with E-state index in [-0.39, 0.29) is 11.5 Å². The number of nitriles is 1. The van der Waals surface area contributed by atoms with Crippen LogP contribution in [0.15, 0.2) is 40.5 Å². The molecule has 1 fully saturated rings. The molecule has 0 radical (unpaired) electrons. The zero-order valence-electron chi connectivity index (χ0n) is 12.7. The van der Waals surface area contributed by atoms with E-state index in [1.54, 1.807) is 4.90 Å². The van der Waals surface area contributed by atoms with Crippen molar-refractivity contribution in [3.05, 3.63) is 46.1 Å². The van der Waals surface area contributed by atoms with Gasteiger partial charge in [-0.3, -0.25) is 4.79 Å². The van der Waals surface area contributed by atoms with E-state index in [9.17, 15) is 10.1 Å². The van der Waals surface area contributed by atoms with Gasteiger partial charge in [-0.2, -0.15) is 5.26 Å². The smallest absolute Gasteiger partial charge is 0.265 e. The van der Waals surface area contributed by atoms with Gasteiger partial charge in [0, 0.05) is 30.3 Å². The number of nitrogens with one attached hydrogen (secondary N) is 1. The highest BCUT2D eigenvalue weighted by molar-refractivity contribution is 9.10. The van der Waals surface area contributed by atoms with Gasteiger partial charge in [0.05, 0.1) is 0 Å². The van der Waals surface area contributed by atoms with Crippen LogP contribution in [0.4, 0.5) is 0 Å². The number of carbonyl (C=O) groups is 1. The maximum atomic E-state index is 12.3. The van der Waals surface area contributed by atoms with Gasteiger partial charge in [0.1, 0.15) is 11.6 Å². The van der Waals surface area contributed by atoms with Crippen molar-refractivity contribution in [2.75, 3.05) is 13.1 Å². The van der Waals surface area contributed by atoms with E-state index in [2.05, 4.69) is 28.2 Å². The Bertz CT molecular complexity index is 581. The molecule has 1 aromatic rings. The topological polar surface area (TPSA) is 56.1 Å². The van der Waals surface area contributed by atoms with E-state index in [0.717, 1.165) is 36.0 Å². The lowest BCUT2D eigenvalue weighted by Crippen LogP contribution is -2.38. The van der Waals surface area contributed by atoms with E-state index in [1.807, 2.05) is 30.3 Å². The Labute approximate surface area is 139 Å². The van der Waals surface area contributed by atoms with Gasteiger partial charge in [0.15, 0.2) is 0 Å². The molecule has 1 heterocycles. The van der Waals surface area contributed by atoms with Crippen LogP contribution in [0.5, 0.6) is 0 Å². The lowest BCUT2D eigenvalue weighted by Gasteiger charge is -2.30. The number of halogens is 1. The standard InChI is InChI=1S/C17H20BrN3O/c1-13-6-8-21(9-7-13)17(22)15(10-19)12-20-11-14-2-4-16(18)5-3-14/h2-5,12-13,20H,6-9,11H2,1H3/b15-12-. The first-order chi connectivity index (χ1) is 10.6. The Morgan fingerprint density at radius 1 is 1.41 bits per heavy atom. The zero-order chi connectivity index (χ0) is 15.9. The molecule has 0 aliphatic carbocycles. The summed E-state index contributed by atoms with van der Waals surface area (Å²) < 4.78 is 1.03. The SMILES string of the molecule is CC1CCN(C(=O)/C(C#N)=C\NCc2ccc(Br)cc2)CC1. The Kier molecular flexibility index (Phi) is 6.02. The van der Waals surface area contributed by atoms with Crippen LogP contribution in [0.25, 0.3) is 0 Å². The zero-order valence-corrected chi connectivity index (χ0v) is 14.3. The molecule has 0 bridgehead atoms. The molecule has 1 aliphatic heterocycles. The highest BCUT2D eigenvalue weighted by Gasteiger charge is 2.22. The third kappa shape index (κ3) is 4.60. The lowest BCUT2D eigenvalue weighted by atomic mass is 9.99. The first-order valence-corrected chi connectivity index (χ1v) is 8.27. The molecule has 2 rings (SSSR count). The second-order valence-electron chi connectivity index (χ2n) is 5.65. The first kappa shape index (κ1) is 16.6. The fraction of sp³-hybridized carbons (Fsp3) is 0.412. The van der Waals surface area contributed by atoms with Crippen molar-refractivity contribution in [2.45, 2.75) is 26.3 Å². The first-order valence-electron chi connectivity index (χ1n) is 7.47. The van der Waals surface area contributed by atoms with Crippen LogP contribution in [-0.4, -0.2) is 23.9 Å². The molecule has 1 aliphatic rings. The van der Waals surface area contributed by atoms with Crippen LogP contribution >= 0.6 is 15.9 Å². The van der Waals surface area contributed by atoms with Gasteiger partial charge >= 0.3 is 0 Å². The van der Waals surface area contributed by atoms with Crippen molar-refractivity contribution < 1.29 is 4.79 Å². The highest BCUT2D eigenvalue weighted by Crippen LogP contribution is 2.17. The predicted octanol–water partition coefficient (Wildman–Crippen LogP) is 3.20. The molecule has 22 heavy (non-hydrogen) atoms. The number of likely N-dealkylation sites (tertiary alicyclic amines) is 1. The van der Waals surface area contributed by atoms with Crippen molar-refractivity contribution in [3.63, 3.8) is 0 Å². The molecule has 1 saturated heterocycles. The molecule has 1 amide bonds. The number of hydrogen-bond donors (Lipinski definition) is 1. The fourth-order valence-corrected chi connectivity index (χ4v) is 2.66. The molecule has 116 valence electrons. The number of benzene rings is 1. The number of carbonyl (C=O) groups excluding carboxylic acids is 1. The second kappa shape index (κ2) is 8.00. The van der Waals surface area contributed by atoms with E-state index in [0.29, 0.717) is 12.5 Å². The van der Waals surface area contributed by atoms with Crippen molar-refractivity contribution >= 4 is 21.8 Å². The maximum absolute atomic E-state index is 12.3. The van der Waals surface area contributed by atoms with Crippen molar-refractivity contribution in [1.82, 2.24) is 10.2 Å². The van der Waals surface area contributed by atoms with Gasteiger partial charge in [-0.1, -0.05) is 35.0 Å². The van der Waals surface area contributed by atoms with Gasteiger partial charge < -0.3 is 10.2 Å². The maximum Gasteiger partial charge on any atom is 0.265 e. The van der Waals surface area contributed by atoms with Crippen LogP contribution < -0.4 is 5.32 Å². The molecular weight excluding hydrogens is 342 g/mol. The molecule has 1 aromatic carbocycles. The number of amides is 1. The van der Waals surface area contributed by atoms with Crippen LogP contribution in [0.2, 0.25) is 0 Å². The minimum absolute atomic E-state index is 0.169. The minimum atomic E-state index is -0.169. The van der Waals surface area contributed by atoms with Gasteiger partial charge in [-0.25, -0.2) is 0 Å². The molecule has 0 spiro atoms. The van der Waals surface area contributed by atoms with Crippen molar-refractivity contribution in [2.24, 2.45) is 5.92 Å². The summed E-state index contributed by atoms with van der Waals surface area (Å²) in [6, 6.07) is 9.92. The summed E-state index contributed by atoms with van der Waals surface area (Å²) in [6.07, 6.45) is 3.55. The highest BCUT2D eigenvalue weighted by atomic mass is 79.9. The van der Waals surface area contributed by atoms with Crippen LogP contribution in [0.1, 0.15) is 25.3 Å². The number of nitrogens with zero attached hydrogens (tertiary/aromatic N) is 2. The summed E-state index contributed by atoms with van der Waals surface area (Å²) in [5.74, 6) is 0.492. The van der Waals surface area contributed by atoms with Gasteiger partial charge in [0.2, 0.25) is 0 Å². The Balaban J connectivity index is 1.91. The quantitative estimate of drug-likeness (QED) is 0.661. The number of rotatable bonds is 4. The minimum Gasteiger partial charge on any atom is -0.386 e. The second-order valence-corrected chi connectivity index (χ2v) is 6.57. The lowest BCUT2D eigenvalue weighted by molar-refractivity contribution is -0.128. The van der Waals surface area contributed by atoms with E-state index < -0.39 is 0 Å². The molecule has 0 atom stereocenters. The largest absolute Gasteiger partial charge is 0.386 e. The average Bonchev–Trinajstić information content (AvgIpc) is 2.53. The summed E-state index contributed by atoms with van der Waals surface area (Å²) in [5, 5.41) is 12.3. The van der Waals surface area contributed by atoms with E-state index in [1.165, 1.54) is 6.20 Å².